The summed E-state index contributed by atoms with van der Waals surface area (Å²) in [5.41, 5.74) is 8.12. The predicted molar refractivity (Wildman–Crippen MR) is 80.2 cm³/mol. The number of likely N-dealkylation sites (tertiary alicyclic amines) is 1. The molecule has 0 aromatic heterocycles. The molecule has 1 aliphatic rings. The number of hydrogen-bond acceptors (Lipinski definition) is 3. The first kappa shape index (κ1) is 13.4. The zero-order valence-electron chi connectivity index (χ0n) is 11.5. The molecule has 1 fully saturated rings. The van der Waals surface area contributed by atoms with E-state index < -0.39 is 0 Å². The largest absolute Gasteiger partial charge is 0.399 e. The van der Waals surface area contributed by atoms with E-state index in [4.69, 9.17) is 5.73 Å². The van der Waals surface area contributed by atoms with Gasteiger partial charge in [0.05, 0.1) is 12.5 Å². The Bertz CT molecular complexity index is 682. The fourth-order valence-electron chi connectivity index (χ4n) is 2.67. The van der Waals surface area contributed by atoms with E-state index in [0.29, 0.717) is 5.69 Å². The van der Waals surface area contributed by atoms with E-state index in [0.717, 1.165) is 11.1 Å². The minimum absolute atomic E-state index is 0.128. The summed E-state index contributed by atoms with van der Waals surface area (Å²) in [5, 5.41) is 0. The minimum Gasteiger partial charge on any atom is -0.399 e. The summed E-state index contributed by atoms with van der Waals surface area (Å²) in [5.74, 6) is -0.621. The van der Waals surface area contributed by atoms with Gasteiger partial charge in [-0.05, 0) is 23.3 Å². The molecule has 2 aromatic rings. The fraction of sp³-hybridized carbons (Fsp3) is 0.176. The normalized spacial score (nSPS) is 18.3. The van der Waals surface area contributed by atoms with Crippen molar-refractivity contribution < 1.29 is 9.59 Å². The first-order chi connectivity index (χ1) is 10.1. The highest BCUT2D eigenvalue weighted by molar-refractivity contribution is 6.06. The Hall–Kier alpha value is -2.62. The summed E-state index contributed by atoms with van der Waals surface area (Å²) >= 11 is 0. The first-order valence-corrected chi connectivity index (χ1v) is 6.89. The van der Waals surface area contributed by atoms with E-state index in [1.54, 1.807) is 12.1 Å². The zero-order chi connectivity index (χ0) is 14.8. The van der Waals surface area contributed by atoms with Crippen molar-refractivity contribution in [1.82, 2.24) is 4.90 Å². The van der Waals surface area contributed by atoms with Crippen LogP contribution in [0, 0.1) is 0 Å². The Morgan fingerprint density at radius 1 is 1.05 bits per heavy atom. The number of hydrogen-bond donors (Lipinski definition) is 1. The molecule has 2 aromatic carbocycles. The summed E-state index contributed by atoms with van der Waals surface area (Å²) in [4.78, 5) is 25.9. The number of carbonyl (C=O) groups excluding carboxylic acids is 2. The highest BCUT2D eigenvalue weighted by Crippen LogP contribution is 2.30. The van der Waals surface area contributed by atoms with Crippen molar-refractivity contribution in [3.8, 4) is 0 Å². The lowest BCUT2D eigenvalue weighted by Crippen LogP contribution is -2.29. The number of benzene rings is 2. The Morgan fingerprint density at radius 3 is 2.52 bits per heavy atom. The van der Waals surface area contributed by atoms with Gasteiger partial charge in [0, 0.05) is 12.1 Å². The van der Waals surface area contributed by atoms with Crippen molar-refractivity contribution in [2.24, 2.45) is 0 Å². The lowest BCUT2D eigenvalue weighted by molar-refractivity contribution is -0.139. The van der Waals surface area contributed by atoms with Gasteiger partial charge in [-0.25, -0.2) is 0 Å². The third-order valence-electron chi connectivity index (χ3n) is 3.74. The molecule has 1 saturated heterocycles. The third-order valence-corrected chi connectivity index (χ3v) is 3.74. The van der Waals surface area contributed by atoms with Crippen LogP contribution in [-0.4, -0.2) is 16.7 Å². The lowest BCUT2D eigenvalue weighted by Gasteiger charge is -2.15. The molecule has 2 amide bonds. The van der Waals surface area contributed by atoms with E-state index in [9.17, 15) is 9.59 Å². The smallest absolute Gasteiger partial charge is 0.237 e. The van der Waals surface area contributed by atoms with Crippen LogP contribution in [0.25, 0.3) is 0 Å². The number of nitrogens with zero attached hydrogens (tertiary/aromatic N) is 1. The number of carbonyl (C=O) groups is 2. The predicted octanol–water partition coefficient (Wildman–Crippen LogP) is 2.31. The molecular weight excluding hydrogens is 264 g/mol. The molecule has 0 radical (unpaired) electrons. The van der Waals surface area contributed by atoms with E-state index in [2.05, 4.69) is 0 Å². The van der Waals surface area contributed by atoms with Crippen LogP contribution < -0.4 is 5.73 Å². The van der Waals surface area contributed by atoms with Gasteiger partial charge in [-0.3, -0.25) is 14.5 Å². The van der Waals surface area contributed by atoms with Gasteiger partial charge in [0.1, 0.15) is 0 Å². The molecule has 1 aliphatic heterocycles. The summed E-state index contributed by atoms with van der Waals surface area (Å²) in [6.07, 6.45) is 0.241. The minimum atomic E-state index is -0.361. The van der Waals surface area contributed by atoms with Crippen LogP contribution in [0.1, 0.15) is 23.5 Å². The van der Waals surface area contributed by atoms with E-state index in [1.165, 1.54) is 4.90 Å². The SMILES string of the molecule is Nc1cccc(CN2C(=O)CC(c3ccccc3)C2=O)c1. The summed E-state index contributed by atoms with van der Waals surface area (Å²) < 4.78 is 0. The Morgan fingerprint density at radius 2 is 1.81 bits per heavy atom. The maximum atomic E-state index is 12.5. The third kappa shape index (κ3) is 2.65. The monoisotopic (exact) mass is 280 g/mol. The van der Waals surface area contributed by atoms with Crippen molar-refractivity contribution in [3.63, 3.8) is 0 Å². The molecule has 0 bridgehead atoms. The van der Waals surface area contributed by atoms with Crippen LogP contribution in [0.2, 0.25) is 0 Å². The Balaban J connectivity index is 1.81. The lowest BCUT2D eigenvalue weighted by atomic mass is 9.98. The van der Waals surface area contributed by atoms with Crippen molar-refractivity contribution in [2.45, 2.75) is 18.9 Å². The zero-order valence-corrected chi connectivity index (χ0v) is 11.5. The molecular formula is C17H16N2O2. The number of amides is 2. The molecule has 106 valence electrons. The number of nitrogen functional groups attached to an aromatic ring is 1. The van der Waals surface area contributed by atoms with E-state index >= 15 is 0 Å². The maximum absolute atomic E-state index is 12.5. The van der Waals surface area contributed by atoms with Crippen LogP contribution in [0.4, 0.5) is 5.69 Å². The van der Waals surface area contributed by atoms with Crippen molar-refractivity contribution in [2.75, 3.05) is 5.73 Å². The van der Waals surface area contributed by atoms with Gasteiger partial charge in [-0.2, -0.15) is 0 Å². The van der Waals surface area contributed by atoms with Gasteiger partial charge in [0.15, 0.2) is 0 Å². The van der Waals surface area contributed by atoms with E-state index in [1.807, 2.05) is 42.5 Å². The van der Waals surface area contributed by atoms with Gasteiger partial charge in [-0.1, -0.05) is 42.5 Å². The van der Waals surface area contributed by atoms with Gasteiger partial charge >= 0.3 is 0 Å². The topological polar surface area (TPSA) is 63.4 Å². The number of nitrogens with two attached hydrogens (primary N) is 1. The highest BCUT2D eigenvalue weighted by Gasteiger charge is 2.39. The number of rotatable bonds is 3. The number of imide groups is 1. The quantitative estimate of drug-likeness (QED) is 0.693. The molecule has 1 unspecified atom stereocenters. The van der Waals surface area contributed by atoms with Crippen LogP contribution in [0.15, 0.2) is 54.6 Å². The van der Waals surface area contributed by atoms with E-state index in [-0.39, 0.29) is 30.7 Å². The molecule has 4 heteroatoms. The molecule has 3 rings (SSSR count). The molecule has 0 aliphatic carbocycles. The second kappa shape index (κ2) is 5.40. The Kier molecular flexibility index (Phi) is 3.44. The van der Waals surface area contributed by atoms with Crippen molar-refractivity contribution in [1.29, 1.82) is 0 Å². The second-order valence-corrected chi connectivity index (χ2v) is 5.23. The molecule has 4 nitrogen and oxygen atoms in total. The van der Waals surface area contributed by atoms with Gasteiger partial charge in [0.25, 0.3) is 0 Å². The maximum Gasteiger partial charge on any atom is 0.237 e. The molecule has 1 heterocycles. The van der Waals surface area contributed by atoms with Crippen molar-refractivity contribution >= 4 is 17.5 Å². The van der Waals surface area contributed by atoms with Crippen LogP contribution in [0.5, 0.6) is 0 Å². The first-order valence-electron chi connectivity index (χ1n) is 6.89. The van der Waals surface area contributed by atoms with Crippen LogP contribution in [0.3, 0.4) is 0 Å². The average Bonchev–Trinajstić information content (AvgIpc) is 2.76. The molecule has 0 spiro atoms. The van der Waals surface area contributed by atoms with Gasteiger partial charge in [0.2, 0.25) is 11.8 Å². The molecule has 2 N–H and O–H groups in total. The Labute approximate surface area is 123 Å². The summed E-state index contributed by atoms with van der Waals surface area (Å²) in [7, 11) is 0. The van der Waals surface area contributed by atoms with Crippen LogP contribution >= 0.6 is 0 Å². The van der Waals surface area contributed by atoms with Crippen molar-refractivity contribution in [3.05, 3.63) is 65.7 Å². The van der Waals surface area contributed by atoms with Gasteiger partial charge < -0.3 is 5.73 Å². The molecule has 21 heavy (non-hydrogen) atoms. The van der Waals surface area contributed by atoms with Gasteiger partial charge in [-0.15, -0.1) is 0 Å². The standard InChI is InChI=1S/C17H16N2O2/c18-14-8-4-5-12(9-14)11-19-16(20)10-15(17(19)21)13-6-2-1-3-7-13/h1-9,15H,10-11,18H2. The summed E-state index contributed by atoms with van der Waals surface area (Å²) in [6, 6.07) is 16.7. The highest BCUT2D eigenvalue weighted by atomic mass is 16.2. The van der Waals surface area contributed by atoms with Crippen LogP contribution in [-0.2, 0) is 16.1 Å². The molecule has 0 saturated carbocycles. The summed E-state index contributed by atoms with van der Waals surface area (Å²) in [6.45, 7) is 0.284. The average molecular weight is 280 g/mol. The number of anilines is 1. The second-order valence-electron chi connectivity index (χ2n) is 5.23. The molecule has 1 atom stereocenters. The fourth-order valence-corrected chi connectivity index (χ4v) is 2.67.